The van der Waals surface area contributed by atoms with Gasteiger partial charge in [-0.15, -0.1) is 11.3 Å². The Morgan fingerprint density at radius 1 is 1.25 bits per heavy atom. The summed E-state index contributed by atoms with van der Waals surface area (Å²) in [6.07, 6.45) is 0.705. The van der Waals surface area contributed by atoms with Gasteiger partial charge in [0.25, 0.3) is 0 Å². The van der Waals surface area contributed by atoms with Gasteiger partial charge in [-0.3, -0.25) is 4.90 Å². The van der Waals surface area contributed by atoms with Crippen LogP contribution in [-0.4, -0.2) is 36.7 Å². The van der Waals surface area contributed by atoms with Gasteiger partial charge in [-0.1, -0.05) is 13.8 Å². The summed E-state index contributed by atoms with van der Waals surface area (Å²) >= 11 is 1.94. The van der Waals surface area contributed by atoms with E-state index in [0.29, 0.717) is 18.1 Å². The minimum atomic E-state index is 0.353. The Balaban J connectivity index is 1.80. The molecule has 2 rings (SSSR count). The van der Waals surface area contributed by atoms with Crippen LogP contribution in [0.2, 0.25) is 0 Å². The maximum absolute atomic E-state index is 5.79. The highest BCUT2D eigenvalue weighted by molar-refractivity contribution is 7.11. The van der Waals surface area contributed by atoms with Crippen LogP contribution in [0.4, 0.5) is 0 Å². The summed E-state index contributed by atoms with van der Waals surface area (Å²) < 4.78 is 5.79. The molecule has 0 unspecified atom stereocenters. The molecule has 0 bridgehead atoms. The first-order valence-corrected chi connectivity index (χ1v) is 8.50. The molecule has 1 saturated heterocycles. The number of hydrogen-bond acceptors (Lipinski definition) is 4. The average molecular weight is 296 g/mol. The van der Waals surface area contributed by atoms with E-state index in [4.69, 9.17) is 4.74 Å². The molecule has 0 saturated carbocycles. The first-order chi connectivity index (χ1) is 9.52. The summed E-state index contributed by atoms with van der Waals surface area (Å²) in [5.41, 5.74) is 0. The molecule has 1 fully saturated rings. The fourth-order valence-electron chi connectivity index (χ4n) is 2.72. The lowest BCUT2D eigenvalue weighted by Gasteiger charge is -2.34. The average Bonchev–Trinajstić information content (AvgIpc) is 2.74. The normalized spacial score (nSPS) is 24.4. The predicted octanol–water partition coefficient (Wildman–Crippen LogP) is 3.10. The third kappa shape index (κ3) is 5.17. The van der Waals surface area contributed by atoms with Gasteiger partial charge in [0.15, 0.2) is 0 Å². The molecule has 0 amide bonds. The number of nitrogens with zero attached hydrogens (tertiary/aromatic N) is 1. The van der Waals surface area contributed by atoms with Gasteiger partial charge < -0.3 is 10.1 Å². The summed E-state index contributed by atoms with van der Waals surface area (Å²) in [6.45, 7) is 14.1. The lowest BCUT2D eigenvalue weighted by atomic mass is 10.2. The van der Waals surface area contributed by atoms with Crippen LogP contribution < -0.4 is 5.32 Å². The lowest BCUT2D eigenvalue weighted by molar-refractivity contribution is -0.0702. The van der Waals surface area contributed by atoms with Crippen LogP contribution in [0, 0.1) is 5.92 Å². The summed E-state index contributed by atoms with van der Waals surface area (Å²) in [4.78, 5) is 5.42. The quantitative estimate of drug-likeness (QED) is 0.873. The van der Waals surface area contributed by atoms with Gasteiger partial charge in [0.1, 0.15) is 0 Å². The van der Waals surface area contributed by atoms with Crippen molar-refractivity contribution in [1.29, 1.82) is 0 Å². The van der Waals surface area contributed by atoms with Crippen LogP contribution in [0.1, 0.15) is 37.4 Å². The fourth-order valence-corrected chi connectivity index (χ4v) is 3.75. The topological polar surface area (TPSA) is 24.5 Å². The standard InChI is InChI=1S/C16H28N2OS/c1-12(2)7-17-8-15-5-6-16(20-15)11-18-9-13(3)19-14(4)10-18/h5-6,12-14,17H,7-11H2,1-4H3/t13-,14+. The Morgan fingerprint density at radius 2 is 1.90 bits per heavy atom. The van der Waals surface area contributed by atoms with Crippen LogP contribution in [0.15, 0.2) is 12.1 Å². The summed E-state index contributed by atoms with van der Waals surface area (Å²) in [6, 6.07) is 4.54. The minimum absolute atomic E-state index is 0.353. The van der Waals surface area contributed by atoms with Crippen LogP contribution in [-0.2, 0) is 17.8 Å². The van der Waals surface area contributed by atoms with Crippen molar-refractivity contribution in [3.63, 3.8) is 0 Å². The Morgan fingerprint density at radius 3 is 2.55 bits per heavy atom. The monoisotopic (exact) mass is 296 g/mol. The van der Waals surface area contributed by atoms with E-state index in [1.165, 1.54) is 9.75 Å². The van der Waals surface area contributed by atoms with Gasteiger partial charge in [-0.2, -0.15) is 0 Å². The lowest BCUT2D eigenvalue weighted by Crippen LogP contribution is -2.44. The molecule has 20 heavy (non-hydrogen) atoms. The second-order valence-electron chi connectivity index (χ2n) is 6.34. The van der Waals surface area contributed by atoms with Crippen LogP contribution in [0.25, 0.3) is 0 Å². The molecule has 1 aromatic heterocycles. The molecular weight excluding hydrogens is 268 g/mol. The van der Waals surface area contributed by atoms with Crippen molar-refractivity contribution in [3.8, 4) is 0 Å². The molecule has 1 N–H and O–H groups in total. The number of nitrogens with one attached hydrogen (secondary N) is 1. The van der Waals surface area contributed by atoms with E-state index in [2.05, 4.69) is 50.0 Å². The summed E-state index contributed by atoms with van der Waals surface area (Å²) in [7, 11) is 0. The predicted molar refractivity (Wildman–Crippen MR) is 86.1 cm³/mol. The first kappa shape index (κ1) is 16.0. The van der Waals surface area contributed by atoms with E-state index < -0.39 is 0 Å². The molecule has 0 radical (unpaired) electrons. The smallest absolute Gasteiger partial charge is 0.0678 e. The zero-order valence-electron chi connectivity index (χ0n) is 13.2. The number of morpholine rings is 1. The van der Waals surface area contributed by atoms with E-state index in [9.17, 15) is 0 Å². The Hall–Kier alpha value is -0.420. The zero-order valence-corrected chi connectivity index (χ0v) is 14.0. The molecule has 0 aromatic carbocycles. The molecule has 3 nitrogen and oxygen atoms in total. The van der Waals surface area contributed by atoms with Crippen molar-refractivity contribution in [1.82, 2.24) is 10.2 Å². The summed E-state index contributed by atoms with van der Waals surface area (Å²) in [5.74, 6) is 0.714. The number of rotatable bonds is 6. The molecule has 1 aromatic rings. The molecule has 0 aliphatic carbocycles. The molecular formula is C16H28N2OS. The van der Waals surface area contributed by atoms with Crippen molar-refractivity contribution in [2.45, 2.75) is 53.0 Å². The molecule has 2 heterocycles. The maximum atomic E-state index is 5.79. The van der Waals surface area contributed by atoms with Crippen molar-refractivity contribution in [2.24, 2.45) is 5.92 Å². The third-order valence-corrected chi connectivity index (χ3v) is 4.51. The largest absolute Gasteiger partial charge is 0.373 e. The minimum Gasteiger partial charge on any atom is -0.373 e. The molecule has 0 spiro atoms. The Bertz CT molecular complexity index is 395. The highest BCUT2D eigenvalue weighted by Crippen LogP contribution is 2.20. The van der Waals surface area contributed by atoms with Gasteiger partial charge in [-0.25, -0.2) is 0 Å². The van der Waals surface area contributed by atoms with Crippen LogP contribution >= 0.6 is 11.3 Å². The van der Waals surface area contributed by atoms with Crippen LogP contribution in [0.3, 0.4) is 0 Å². The van der Waals surface area contributed by atoms with Gasteiger partial charge >= 0.3 is 0 Å². The number of hydrogen-bond donors (Lipinski definition) is 1. The van der Waals surface area contributed by atoms with Gasteiger partial charge in [-0.05, 0) is 38.4 Å². The summed E-state index contributed by atoms with van der Waals surface area (Å²) in [5, 5.41) is 3.51. The molecule has 1 aliphatic heterocycles. The van der Waals surface area contributed by atoms with Gasteiger partial charge in [0.2, 0.25) is 0 Å². The van der Waals surface area contributed by atoms with Crippen molar-refractivity contribution >= 4 is 11.3 Å². The highest BCUT2D eigenvalue weighted by Gasteiger charge is 2.22. The number of thiophene rings is 1. The van der Waals surface area contributed by atoms with Gasteiger partial charge in [0, 0.05) is 35.9 Å². The third-order valence-electron chi connectivity index (χ3n) is 3.44. The van der Waals surface area contributed by atoms with Gasteiger partial charge in [0.05, 0.1) is 12.2 Å². The molecule has 114 valence electrons. The second kappa shape index (κ2) is 7.55. The van der Waals surface area contributed by atoms with Crippen molar-refractivity contribution in [3.05, 3.63) is 21.9 Å². The van der Waals surface area contributed by atoms with Crippen molar-refractivity contribution in [2.75, 3.05) is 19.6 Å². The molecule has 4 heteroatoms. The maximum Gasteiger partial charge on any atom is 0.0678 e. The SMILES string of the molecule is CC(C)CNCc1ccc(CN2C[C@@H](C)O[C@@H](C)C2)s1. The second-order valence-corrected chi connectivity index (χ2v) is 7.60. The Labute approximate surface area is 127 Å². The van der Waals surface area contributed by atoms with E-state index >= 15 is 0 Å². The van der Waals surface area contributed by atoms with E-state index in [0.717, 1.165) is 32.7 Å². The van der Waals surface area contributed by atoms with Crippen molar-refractivity contribution < 1.29 is 4.74 Å². The number of ether oxygens (including phenoxy) is 1. The Kier molecular flexibility index (Phi) is 6.02. The zero-order chi connectivity index (χ0) is 14.5. The first-order valence-electron chi connectivity index (χ1n) is 7.69. The van der Waals surface area contributed by atoms with E-state index in [1.807, 2.05) is 11.3 Å². The molecule has 1 aliphatic rings. The fraction of sp³-hybridized carbons (Fsp3) is 0.750. The van der Waals surface area contributed by atoms with Crippen LogP contribution in [0.5, 0.6) is 0 Å². The highest BCUT2D eigenvalue weighted by atomic mass is 32.1. The van der Waals surface area contributed by atoms with E-state index in [-0.39, 0.29) is 0 Å². The van der Waals surface area contributed by atoms with E-state index in [1.54, 1.807) is 0 Å². The molecule has 2 atom stereocenters.